The highest BCUT2D eigenvalue weighted by Crippen LogP contribution is 2.21. The zero-order chi connectivity index (χ0) is 15.1. The molecule has 0 atom stereocenters. The summed E-state index contributed by atoms with van der Waals surface area (Å²) in [6.45, 7) is 2.54. The highest BCUT2D eigenvalue weighted by Gasteiger charge is 2.43. The third-order valence-corrected chi connectivity index (χ3v) is 3.14. The minimum atomic E-state index is -1.28. The first-order valence-electron chi connectivity index (χ1n) is 5.84. The smallest absolute Gasteiger partial charge is 0.255 e. The number of benzene rings is 1. The lowest BCUT2D eigenvalue weighted by molar-refractivity contribution is -0.143. The van der Waals surface area contributed by atoms with Crippen LogP contribution in [-0.2, 0) is 9.59 Å². The standard InChI is InChI=1S/C13H12F2N2O3/c1-13(2)12(20)16-10(18)6-17(13)11(19)7-3-8(14)5-9(15)4-7/h3-5H,6H2,1-2H3,(H,16,18,20). The number of rotatable bonds is 1. The van der Waals surface area contributed by atoms with Gasteiger partial charge in [0.25, 0.3) is 11.8 Å². The lowest BCUT2D eigenvalue weighted by Gasteiger charge is -2.40. The first-order chi connectivity index (χ1) is 9.21. The molecule has 0 aliphatic carbocycles. The molecule has 1 fully saturated rings. The maximum Gasteiger partial charge on any atom is 0.255 e. The highest BCUT2D eigenvalue weighted by atomic mass is 19.1. The molecule has 1 aromatic rings. The molecule has 0 aromatic heterocycles. The van der Waals surface area contributed by atoms with Gasteiger partial charge < -0.3 is 4.90 Å². The Labute approximate surface area is 113 Å². The van der Waals surface area contributed by atoms with E-state index in [0.29, 0.717) is 6.07 Å². The summed E-state index contributed by atoms with van der Waals surface area (Å²) >= 11 is 0. The molecular weight excluding hydrogens is 270 g/mol. The van der Waals surface area contributed by atoms with E-state index >= 15 is 0 Å². The van der Waals surface area contributed by atoms with Crippen molar-refractivity contribution >= 4 is 17.7 Å². The van der Waals surface area contributed by atoms with E-state index in [1.54, 1.807) is 0 Å². The normalized spacial score (nSPS) is 17.9. The van der Waals surface area contributed by atoms with Crippen LogP contribution in [0.2, 0.25) is 0 Å². The molecule has 5 nitrogen and oxygen atoms in total. The molecule has 1 aromatic carbocycles. The summed E-state index contributed by atoms with van der Waals surface area (Å²) in [6.07, 6.45) is 0. The molecule has 1 aliphatic heterocycles. The fourth-order valence-electron chi connectivity index (χ4n) is 1.94. The van der Waals surface area contributed by atoms with Crippen LogP contribution in [0.25, 0.3) is 0 Å². The van der Waals surface area contributed by atoms with Crippen molar-refractivity contribution in [1.82, 2.24) is 10.2 Å². The summed E-state index contributed by atoms with van der Waals surface area (Å²) in [4.78, 5) is 36.4. The molecule has 1 heterocycles. The number of hydrogen-bond acceptors (Lipinski definition) is 3. The SMILES string of the molecule is CC1(C)C(=O)NC(=O)CN1C(=O)c1cc(F)cc(F)c1. The average molecular weight is 282 g/mol. The Morgan fingerprint density at radius 2 is 1.75 bits per heavy atom. The van der Waals surface area contributed by atoms with Gasteiger partial charge in [0.1, 0.15) is 23.7 Å². The summed E-state index contributed by atoms with van der Waals surface area (Å²) in [6, 6.07) is 2.35. The molecule has 3 amide bonds. The maximum absolute atomic E-state index is 13.1. The largest absolute Gasteiger partial charge is 0.315 e. The predicted molar refractivity (Wildman–Crippen MR) is 64.6 cm³/mol. The fourth-order valence-corrected chi connectivity index (χ4v) is 1.94. The monoisotopic (exact) mass is 282 g/mol. The molecule has 20 heavy (non-hydrogen) atoms. The number of halogens is 2. The summed E-state index contributed by atoms with van der Waals surface area (Å²) < 4.78 is 26.3. The number of carbonyl (C=O) groups is 3. The summed E-state index contributed by atoms with van der Waals surface area (Å²) in [5, 5.41) is 2.11. The number of carbonyl (C=O) groups excluding carboxylic acids is 3. The van der Waals surface area contributed by atoms with Gasteiger partial charge in [0, 0.05) is 11.6 Å². The van der Waals surface area contributed by atoms with Crippen LogP contribution in [0.4, 0.5) is 8.78 Å². The number of amides is 3. The van der Waals surface area contributed by atoms with Gasteiger partial charge in [-0.3, -0.25) is 19.7 Å². The van der Waals surface area contributed by atoms with Gasteiger partial charge in [0.15, 0.2) is 0 Å². The van der Waals surface area contributed by atoms with Crippen molar-refractivity contribution < 1.29 is 23.2 Å². The predicted octanol–water partition coefficient (Wildman–Crippen LogP) is 0.842. The van der Waals surface area contributed by atoms with Crippen molar-refractivity contribution in [3.8, 4) is 0 Å². The Hall–Kier alpha value is -2.31. The molecule has 106 valence electrons. The molecule has 1 N–H and O–H groups in total. The molecule has 0 unspecified atom stereocenters. The summed E-state index contributed by atoms with van der Waals surface area (Å²) in [5.41, 5.74) is -1.54. The third-order valence-electron chi connectivity index (χ3n) is 3.14. The van der Waals surface area contributed by atoms with Gasteiger partial charge in [-0.25, -0.2) is 8.78 Å². The van der Waals surface area contributed by atoms with Gasteiger partial charge in [0.05, 0.1) is 0 Å². The summed E-state index contributed by atoms with van der Waals surface area (Å²) in [7, 11) is 0. The van der Waals surface area contributed by atoms with Gasteiger partial charge in [-0.2, -0.15) is 0 Å². The van der Waals surface area contributed by atoms with Gasteiger partial charge in [0.2, 0.25) is 5.91 Å². The Bertz CT molecular complexity index is 593. The molecule has 2 rings (SSSR count). The van der Waals surface area contributed by atoms with Gasteiger partial charge in [-0.1, -0.05) is 0 Å². The van der Waals surface area contributed by atoms with Crippen LogP contribution in [0.3, 0.4) is 0 Å². The van der Waals surface area contributed by atoms with E-state index in [9.17, 15) is 23.2 Å². The third kappa shape index (κ3) is 2.38. The number of hydrogen-bond donors (Lipinski definition) is 1. The Kier molecular flexibility index (Phi) is 3.29. The molecule has 0 saturated carbocycles. The van der Waals surface area contributed by atoms with E-state index in [-0.39, 0.29) is 12.1 Å². The Morgan fingerprint density at radius 1 is 1.20 bits per heavy atom. The number of nitrogens with zero attached hydrogens (tertiary/aromatic N) is 1. The van der Waals surface area contributed by atoms with Crippen molar-refractivity contribution in [3.05, 3.63) is 35.4 Å². The topological polar surface area (TPSA) is 66.5 Å². The minimum Gasteiger partial charge on any atom is -0.315 e. The van der Waals surface area contributed by atoms with Crippen LogP contribution in [0.1, 0.15) is 24.2 Å². The van der Waals surface area contributed by atoms with E-state index in [0.717, 1.165) is 17.0 Å². The van der Waals surface area contributed by atoms with E-state index in [1.807, 2.05) is 0 Å². The average Bonchev–Trinajstić information content (AvgIpc) is 2.32. The molecule has 1 saturated heterocycles. The van der Waals surface area contributed by atoms with Crippen molar-refractivity contribution in [2.45, 2.75) is 19.4 Å². The second-order valence-electron chi connectivity index (χ2n) is 4.99. The first kappa shape index (κ1) is 14.1. The molecule has 7 heteroatoms. The minimum absolute atomic E-state index is 0.252. The van der Waals surface area contributed by atoms with Crippen LogP contribution in [0.15, 0.2) is 18.2 Å². The van der Waals surface area contributed by atoms with Crippen LogP contribution in [0, 0.1) is 11.6 Å². The van der Waals surface area contributed by atoms with Crippen molar-refractivity contribution in [2.24, 2.45) is 0 Å². The lowest BCUT2D eigenvalue weighted by atomic mass is 9.97. The quantitative estimate of drug-likeness (QED) is 0.776. The second-order valence-corrected chi connectivity index (χ2v) is 4.99. The lowest BCUT2D eigenvalue weighted by Crippen LogP contribution is -2.65. The van der Waals surface area contributed by atoms with Crippen molar-refractivity contribution in [1.29, 1.82) is 0 Å². The zero-order valence-corrected chi connectivity index (χ0v) is 10.9. The van der Waals surface area contributed by atoms with Crippen LogP contribution < -0.4 is 5.32 Å². The first-order valence-corrected chi connectivity index (χ1v) is 5.84. The number of piperazine rings is 1. The molecule has 1 aliphatic rings. The molecule has 0 radical (unpaired) electrons. The second kappa shape index (κ2) is 4.66. The van der Waals surface area contributed by atoms with Crippen molar-refractivity contribution in [3.63, 3.8) is 0 Å². The zero-order valence-electron chi connectivity index (χ0n) is 10.9. The van der Waals surface area contributed by atoms with E-state index in [2.05, 4.69) is 5.32 Å². The molecular formula is C13H12F2N2O3. The fraction of sp³-hybridized carbons (Fsp3) is 0.308. The Balaban J connectivity index is 2.40. The van der Waals surface area contributed by atoms with Gasteiger partial charge >= 0.3 is 0 Å². The van der Waals surface area contributed by atoms with E-state index in [1.165, 1.54) is 13.8 Å². The maximum atomic E-state index is 13.1. The van der Waals surface area contributed by atoms with Crippen molar-refractivity contribution in [2.75, 3.05) is 6.54 Å². The van der Waals surface area contributed by atoms with E-state index in [4.69, 9.17) is 0 Å². The highest BCUT2D eigenvalue weighted by molar-refractivity contribution is 6.08. The number of imide groups is 1. The molecule has 0 spiro atoms. The van der Waals surface area contributed by atoms with Crippen LogP contribution in [-0.4, -0.2) is 34.7 Å². The summed E-state index contributed by atoms with van der Waals surface area (Å²) in [5.74, 6) is -3.87. The van der Waals surface area contributed by atoms with Crippen LogP contribution in [0.5, 0.6) is 0 Å². The van der Waals surface area contributed by atoms with Gasteiger partial charge in [-0.05, 0) is 26.0 Å². The Morgan fingerprint density at radius 3 is 2.30 bits per heavy atom. The number of nitrogens with one attached hydrogen (secondary N) is 1. The van der Waals surface area contributed by atoms with Crippen LogP contribution >= 0.6 is 0 Å². The van der Waals surface area contributed by atoms with E-state index < -0.39 is 34.9 Å². The van der Waals surface area contributed by atoms with Gasteiger partial charge in [-0.15, -0.1) is 0 Å². The molecule has 0 bridgehead atoms.